The first-order valence-corrected chi connectivity index (χ1v) is 6.78. The molecule has 98 valence electrons. The van der Waals surface area contributed by atoms with Crippen LogP contribution in [0.3, 0.4) is 0 Å². The van der Waals surface area contributed by atoms with Crippen LogP contribution in [0.25, 0.3) is 0 Å². The van der Waals surface area contributed by atoms with Gasteiger partial charge in [0, 0.05) is 30.8 Å². The van der Waals surface area contributed by atoms with Crippen molar-refractivity contribution in [1.29, 1.82) is 0 Å². The Morgan fingerprint density at radius 1 is 1.39 bits per heavy atom. The summed E-state index contributed by atoms with van der Waals surface area (Å²) in [4.78, 5) is 20.5. The molecule has 0 spiro atoms. The van der Waals surface area contributed by atoms with E-state index < -0.39 is 5.54 Å². The van der Waals surface area contributed by atoms with Crippen molar-refractivity contribution in [3.05, 3.63) is 22.3 Å². The third kappa shape index (κ3) is 2.11. The van der Waals surface area contributed by atoms with Crippen molar-refractivity contribution in [1.82, 2.24) is 9.88 Å². The van der Waals surface area contributed by atoms with E-state index in [1.165, 1.54) is 0 Å². The smallest absolute Gasteiger partial charge is 0.247 e. The van der Waals surface area contributed by atoms with Crippen molar-refractivity contribution >= 4 is 27.7 Å². The summed E-state index contributed by atoms with van der Waals surface area (Å²) in [5.41, 5.74) is 0.586. The maximum absolute atomic E-state index is 12.2. The number of anilines is 1. The maximum atomic E-state index is 12.2. The molecule has 0 saturated carbocycles. The molecule has 4 nitrogen and oxygen atoms in total. The average molecular weight is 312 g/mol. The second-order valence-corrected chi connectivity index (χ2v) is 6.08. The number of carbonyl (C=O) groups excluding carboxylic acids is 1. The van der Waals surface area contributed by atoms with Gasteiger partial charge < -0.3 is 9.80 Å². The van der Waals surface area contributed by atoms with Gasteiger partial charge in [-0.15, -0.1) is 0 Å². The molecule has 1 aliphatic rings. The van der Waals surface area contributed by atoms with Crippen molar-refractivity contribution in [2.45, 2.75) is 26.3 Å². The monoisotopic (exact) mass is 311 g/mol. The van der Waals surface area contributed by atoms with Crippen molar-refractivity contribution in [2.75, 3.05) is 25.0 Å². The predicted octanol–water partition coefficient (Wildman–Crippen LogP) is 2.21. The molecule has 1 saturated heterocycles. The number of halogens is 1. The molecule has 5 heteroatoms. The van der Waals surface area contributed by atoms with Crippen molar-refractivity contribution in [3.8, 4) is 0 Å². The van der Waals surface area contributed by atoms with E-state index in [0.29, 0.717) is 0 Å². The third-order valence-corrected chi connectivity index (χ3v) is 4.34. The van der Waals surface area contributed by atoms with Gasteiger partial charge in [-0.2, -0.15) is 0 Å². The fraction of sp³-hybridized carbons (Fsp3) is 0.538. The normalized spacial score (nSPS) is 19.3. The van der Waals surface area contributed by atoms with Crippen LogP contribution in [-0.4, -0.2) is 41.5 Å². The topological polar surface area (TPSA) is 36.4 Å². The molecule has 0 aromatic carbocycles. The fourth-order valence-electron chi connectivity index (χ4n) is 2.29. The molecule has 0 radical (unpaired) electrons. The highest BCUT2D eigenvalue weighted by Crippen LogP contribution is 2.29. The number of hydrogen-bond acceptors (Lipinski definition) is 3. The van der Waals surface area contributed by atoms with Gasteiger partial charge in [0.15, 0.2) is 0 Å². The molecule has 0 bridgehead atoms. The minimum atomic E-state index is -0.541. The maximum Gasteiger partial charge on any atom is 0.247 e. The lowest BCUT2D eigenvalue weighted by molar-refractivity contribution is -0.136. The SMILES string of the molecule is Cc1cc(N2CCN(C)C(=O)C2(C)C)ncc1Br. The van der Waals surface area contributed by atoms with Crippen LogP contribution in [0.15, 0.2) is 16.7 Å². The summed E-state index contributed by atoms with van der Waals surface area (Å²) >= 11 is 3.45. The molecule has 0 N–H and O–H groups in total. The number of likely N-dealkylation sites (N-methyl/N-ethyl adjacent to an activating group) is 1. The zero-order chi connectivity index (χ0) is 13.5. The fourth-order valence-corrected chi connectivity index (χ4v) is 2.50. The van der Waals surface area contributed by atoms with Crippen molar-refractivity contribution in [2.24, 2.45) is 0 Å². The Labute approximate surface area is 116 Å². The zero-order valence-electron chi connectivity index (χ0n) is 11.2. The molecule has 18 heavy (non-hydrogen) atoms. The van der Waals surface area contributed by atoms with E-state index in [4.69, 9.17) is 0 Å². The molecular weight excluding hydrogens is 294 g/mol. The number of carbonyl (C=O) groups is 1. The Kier molecular flexibility index (Phi) is 3.36. The molecule has 1 fully saturated rings. The van der Waals surface area contributed by atoms with E-state index in [9.17, 15) is 4.79 Å². The molecular formula is C13H18BrN3O. The number of aryl methyl sites for hydroxylation is 1. The molecule has 0 atom stereocenters. The van der Waals surface area contributed by atoms with Gasteiger partial charge in [-0.3, -0.25) is 4.79 Å². The first kappa shape index (κ1) is 13.3. The van der Waals surface area contributed by atoms with Gasteiger partial charge in [0.05, 0.1) is 0 Å². The lowest BCUT2D eigenvalue weighted by atomic mass is 9.97. The quantitative estimate of drug-likeness (QED) is 0.798. The predicted molar refractivity (Wildman–Crippen MR) is 75.7 cm³/mol. The van der Waals surface area contributed by atoms with Crippen LogP contribution in [0, 0.1) is 6.92 Å². The largest absolute Gasteiger partial charge is 0.342 e. The molecule has 0 unspecified atom stereocenters. The second kappa shape index (κ2) is 4.53. The van der Waals surface area contributed by atoms with E-state index in [2.05, 4.69) is 25.8 Å². The number of aromatic nitrogens is 1. The number of amides is 1. The Morgan fingerprint density at radius 3 is 2.67 bits per heavy atom. The standard InChI is InChI=1S/C13H18BrN3O/c1-9-7-11(15-8-10(9)14)17-6-5-16(4)12(18)13(17,2)3/h7-8H,5-6H2,1-4H3. The molecule has 1 aliphatic heterocycles. The summed E-state index contributed by atoms with van der Waals surface area (Å²) in [6.45, 7) is 7.47. The summed E-state index contributed by atoms with van der Waals surface area (Å²) in [5, 5.41) is 0. The average Bonchev–Trinajstić information content (AvgIpc) is 2.30. The minimum Gasteiger partial charge on any atom is -0.342 e. The Bertz CT molecular complexity index is 487. The number of hydrogen-bond donors (Lipinski definition) is 0. The van der Waals surface area contributed by atoms with Crippen LogP contribution >= 0.6 is 15.9 Å². The summed E-state index contributed by atoms with van der Waals surface area (Å²) in [6, 6.07) is 2.02. The molecule has 2 heterocycles. The Morgan fingerprint density at radius 2 is 2.06 bits per heavy atom. The van der Waals surface area contributed by atoms with Crippen molar-refractivity contribution in [3.63, 3.8) is 0 Å². The van der Waals surface area contributed by atoms with E-state index in [-0.39, 0.29) is 5.91 Å². The van der Waals surface area contributed by atoms with Crippen LogP contribution in [-0.2, 0) is 4.79 Å². The summed E-state index contributed by atoms with van der Waals surface area (Å²) < 4.78 is 0.990. The molecule has 1 aromatic rings. The molecule has 2 rings (SSSR count). The van der Waals surface area contributed by atoms with Gasteiger partial charge in [-0.1, -0.05) is 0 Å². The van der Waals surface area contributed by atoms with Gasteiger partial charge in [-0.25, -0.2) is 4.98 Å². The van der Waals surface area contributed by atoms with Crippen LogP contribution in [0.4, 0.5) is 5.82 Å². The highest BCUT2D eigenvalue weighted by atomic mass is 79.9. The van der Waals surface area contributed by atoms with Crippen LogP contribution in [0.1, 0.15) is 19.4 Å². The highest BCUT2D eigenvalue weighted by Gasteiger charge is 2.41. The summed E-state index contributed by atoms with van der Waals surface area (Å²) in [5.74, 6) is 0.998. The number of piperazine rings is 1. The molecule has 0 aliphatic carbocycles. The summed E-state index contributed by atoms with van der Waals surface area (Å²) in [7, 11) is 1.85. The lowest BCUT2D eigenvalue weighted by Gasteiger charge is -2.45. The van der Waals surface area contributed by atoms with Gasteiger partial charge in [-0.05, 0) is 48.3 Å². The van der Waals surface area contributed by atoms with Crippen molar-refractivity contribution < 1.29 is 4.79 Å². The highest BCUT2D eigenvalue weighted by molar-refractivity contribution is 9.10. The van der Waals surface area contributed by atoms with Gasteiger partial charge in [0.25, 0.3) is 0 Å². The van der Waals surface area contributed by atoms with Crippen LogP contribution < -0.4 is 4.90 Å². The molecule has 1 amide bonds. The Hall–Kier alpha value is -1.10. The van der Waals surface area contributed by atoms with E-state index >= 15 is 0 Å². The van der Waals surface area contributed by atoms with E-state index in [1.807, 2.05) is 33.9 Å². The van der Waals surface area contributed by atoms with Gasteiger partial charge in [0.2, 0.25) is 5.91 Å². The summed E-state index contributed by atoms with van der Waals surface area (Å²) in [6.07, 6.45) is 1.80. The lowest BCUT2D eigenvalue weighted by Crippen LogP contribution is -2.62. The van der Waals surface area contributed by atoms with E-state index in [1.54, 1.807) is 11.1 Å². The van der Waals surface area contributed by atoms with Gasteiger partial charge >= 0.3 is 0 Å². The van der Waals surface area contributed by atoms with E-state index in [0.717, 1.165) is 28.9 Å². The van der Waals surface area contributed by atoms with Crippen LogP contribution in [0.2, 0.25) is 0 Å². The number of rotatable bonds is 1. The van der Waals surface area contributed by atoms with Gasteiger partial charge in [0.1, 0.15) is 11.4 Å². The number of nitrogens with zero attached hydrogens (tertiary/aromatic N) is 3. The third-order valence-electron chi connectivity index (χ3n) is 3.51. The van der Waals surface area contributed by atoms with Crippen LogP contribution in [0.5, 0.6) is 0 Å². The first-order valence-electron chi connectivity index (χ1n) is 5.99. The zero-order valence-corrected chi connectivity index (χ0v) is 12.8. The first-order chi connectivity index (χ1) is 8.34. The minimum absolute atomic E-state index is 0.135. The second-order valence-electron chi connectivity index (χ2n) is 5.23. The number of pyridine rings is 1. The Balaban J connectivity index is 2.38. The molecule has 1 aromatic heterocycles.